The van der Waals surface area contributed by atoms with Crippen molar-refractivity contribution in [1.82, 2.24) is 0 Å². The Labute approximate surface area is 82.0 Å². The Balaban J connectivity index is 2.45. The molecule has 1 rings (SSSR count). The van der Waals surface area contributed by atoms with Crippen molar-refractivity contribution in [3.63, 3.8) is 0 Å². The first-order valence-corrected chi connectivity index (χ1v) is 5.24. The summed E-state index contributed by atoms with van der Waals surface area (Å²) < 4.78 is 12.7. The van der Waals surface area contributed by atoms with Crippen molar-refractivity contribution >= 4 is 11.8 Å². The standard InChI is InChI=1S/C10H13FOS/c1-8(6-12)13-7-9-3-2-4-10(11)5-9/h2-5,8,12H,6-7H2,1H3. The number of thioether (sulfide) groups is 1. The SMILES string of the molecule is CC(CO)SCc1cccc(F)c1. The van der Waals surface area contributed by atoms with Gasteiger partial charge in [0.1, 0.15) is 5.82 Å². The summed E-state index contributed by atoms with van der Waals surface area (Å²) in [6.07, 6.45) is 0. The van der Waals surface area contributed by atoms with Crippen LogP contribution in [0.3, 0.4) is 0 Å². The first-order valence-electron chi connectivity index (χ1n) is 4.19. The summed E-state index contributed by atoms with van der Waals surface area (Å²) in [7, 11) is 0. The third-order valence-electron chi connectivity index (χ3n) is 1.68. The molecule has 0 saturated heterocycles. The van der Waals surface area contributed by atoms with E-state index in [1.807, 2.05) is 13.0 Å². The lowest BCUT2D eigenvalue weighted by Gasteiger charge is -2.06. The number of hydrogen-bond acceptors (Lipinski definition) is 2. The molecule has 3 heteroatoms. The summed E-state index contributed by atoms with van der Waals surface area (Å²) in [6, 6.07) is 6.55. The molecule has 72 valence electrons. The van der Waals surface area contributed by atoms with E-state index in [1.165, 1.54) is 12.1 Å². The van der Waals surface area contributed by atoms with E-state index in [9.17, 15) is 4.39 Å². The molecule has 0 amide bonds. The lowest BCUT2D eigenvalue weighted by atomic mass is 10.2. The lowest BCUT2D eigenvalue weighted by molar-refractivity contribution is 0.300. The van der Waals surface area contributed by atoms with E-state index in [0.717, 1.165) is 11.3 Å². The van der Waals surface area contributed by atoms with Crippen LogP contribution in [0.5, 0.6) is 0 Å². The van der Waals surface area contributed by atoms with Crippen LogP contribution >= 0.6 is 11.8 Å². The summed E-state index contributed by atoms with van der Waals surface area (Å²) in [5.41, 5.74) is 0.963. The van der Waals surface area contributed by atoms with Gasteiger partial charge in [-0.15, -0.1) is 0 Å². The van der Waals surface area contributed by atoms with Gasteiger partial charge in [-0.2, -0.15) is 11.8 Å². The van der Waals surface area contributed by atoms with Crippen LogP contribution in [0, 0.1) is 5.82 Å². The average molecular weight is 200 g/mol. The van der Waals surface area contributed by atoms with Crippen molar-refractivity contribution in [3.8, 4) is 0 Å². The van der Waals surface area contributed by atoms with Crippen molar-refractivity contribution in [2.75, 3.05) is 6.61 Å². The van der Waals surface area contributed by atoms with Crippen molar-refractivity contribution in [2.45, 2.75) is 17.9 Å². The van der Waals surface area contributed by atoms with Gasteiger partial charge in [0.25, 0.3) is 0 Å². The highest BCUT2D eigenvalue weighted by Crippen LogP contribution is 2.17. The molecule has 0 aliphatic heterocycles. The summed E-state index contributed by atoms with van der Waals surface area (Å²) in [6.45, 7) is 2.12. The fourth-order valence-corrected chi connectivity index (χ4v) is 1.68. The second-order valence-electron chi connectivity index (χ2n) is 2.93. The fourth-order valence-electron chi connectivity index (χ4n) is 0.918. The van der Waals surface area contributed by atoms with Crippen molar-refractivity contribution in [1.29, 1.82) is 0 Å². The third kappa shape index (κ3) is 3.79. The van der Waals surface area contributed by atoms with Crippen LogP contribution in [0.25, 0.3) is 0 Å². The first-order chi connectivity index (χ1) is 6.22. The number of rotatable bonds is 4. The molecule has 1 unspecified atom stereocenters. The maximum atomic E-state index is 12.7. The zero-order chi connectivity index (χ0) is 9.68. The molecule has 1 atom stereocenters. The lowest BCUT2D eigenvalue weighted by Crippen LogP contribution is -2.02. The minimum Gasteiger partial charge on any atom is -0.395 e. The van der Waals surface area contributed by atoms with E-state index in [-0.39, 0.29) is 17.7 Å². The quantitative estimate of drug-likeness (QED) is 0.805. The number of aliphatic hydroxyl groups excluding tert-OH is 1. The van der Waals surface area contributed by atoms with Gasteiger partial charge in [-0.25, -0.2) is 4.39 Å². The van der Waals surface area contributed by atoms with Crippen LogP contribution in [-0.4, -0.2) is 17.0 Å². The zero-order valence-corrected chi connectivity index (χ0v) is 8.35. The van der Waals surface area contributed by atoms with E-state index in [1.54, 1.807) is 17.8 Å². The predicted molar refractivity (Wildman–Crippen MR) is 54.2 cm³/mol. The van der Waals surface area contributed by atoms with Crippen LogP contribution < -0.4 is 0 Å². The number of benzene rings is 1. The summed E-state index contributed by atoms with van der Waals surface area (Å²) in [5, 5.41) is 8.98. The maximum absolute atomic E-state index is 12.7. The molecule has 0 spiro atoms. The number of hydrogen-bond donors (Lipinski definition) is 1. The molecule has 1 aromatic rings. The number of halogens is 1. The van der Waals surface area contributed by atoms with Crippen LogP contribution in [0.2, 0.25) is 0 Å². The normalized spacial score (nSPS) is 12.8. The number of aliphatic hydroxyl groups is 1. The van der Waals surface area contributed by atoms with Crippen molar-refractivity contribution < 1.29 is 9.50 Å². The molecule has 0 aliphatic rings. The molecule has 0 bridgehead atoms. The van der Waals surface area contributed by atoms with Gasteiger partial charge in [0, 0.05) is 11.0 Å². The zero-order valence-electron chi connectivity index (χ0n) is 7.53. The van der Waals surface area contributed by atoms with E-state index >= 15 is 0 Å². The third-order valence-corrected chi connectivity index (χ3v) is 2.90. The topological polar surface area (TPSA) is 20.2 Å². The van der Waals surface area contributed by atoms with Crippen LogP contribution in [0.15, 0.2) is 24.3 Å². The molecule has 0 fully saturated rings. The molecule has 0 aliphatic carbocycles. The van der Waals surface area contributed by atoms with Gasteiger partial charge in [0.2, 0.25) is 0 Å². The van der Waals surface area contributed by atoms with Crippen LogP contribution in [0.1, 0.15) is 12.5 Å². The van der Waals surface area contributed by atoms with Gasteiger partial charge < -0.3 is 5.11 Å². The van der Waals surface area contributed by atoms with E-state index in [2.05, 4.69) is 0 Å². The van der Waals surface area contributed by atoms with Crippen molar-refractivity contribution in [2.24, 2.45) is 0 Å². The largest absolute Gasteiger partial charge is 0.395 e. The highest BCUT2D eigenvalue weighted by atomic mass is 32.2. The van der Waals surface area contributed by atoms with Crippen LogP contribution in [-0.2, 0) is 5.75 Å². The molecule has 0 heterocycles. The highest BCUT2D eigenvalue weighted by molar-refractivity contribution is 7.99. The minimum atomic E-state index is -0.199. The second-order valence-corrected chi connectivity index (χ2v) is 4.36. The highest BCUT2D eigenvalue weighted by Gasteiger charge is 2.01. The molecule has 13 heavy (non-hydrogen) atoms. The molecule has 1 N–H and O–H groups in total. The molecule has 0 aromatic heterocycles. The van der Waals surface area contributed by atoms with Gasteiger partial charge >= 0.3 is 0 Å². The predicted octanol–water partition coefficient (Wildman–Crippen LogP) is 2.44. The smallest absolute Gasteiger partial charge is 0.123 e. The molecule has 1 aromatic carbocycles. The molecule has 0 radical (unpaired) electrons. The summed E-state index contributed by atoms with van der Waals surface area (Å²) in [4.78, 5) is 0. The summed E-state index contributed by atoms with van der Waals surface area (Å²) >= 11 is 1.62. The molecular formula is C10H13FOS. The molecule has 0 saturated carbocycles. The average Bonchev–Trinajstić information content (AvgIpc) is 2.14. The molecular weight excluding hydrogens is 187 g/mol. The molecule has 1 nitrogen and oxygen atoms in total. The fraction of sp³-hybridized carbons (Fsp3) is 0.400. The van der Waals surface area contributed by atoms with Gasteiger partial charge in [-0.3, -0.25) is 0 Å². The minimum absolute atomic E-state index is 0.167. The monoisotopic (exact) mass is 200 g/mol. The van der Waals surface area contributed by atoms with E-state index in [4.69, 9.17) is 5.11 Å². The van der Waals surface area contributed by atoms with Gasteiger partial charge in [-0.05, 0) is 17.7 Å². The Morgan fingerprint density at radius 1 is 1.54 bits per heavy atom. The Kier molecular flexibility index (Phi) is 4.25. The Hall–Kier alpha value is -0.540. The van der Waals surface area contributed by atoms with Gasteiger partial charge in [0.15, 0.2) is 0 Å². The second kappa shape index (κ2) is 5.25. The summed E-state index contributed by atoms with van der Waals surface area (Å²) in [5.74, 6) is 0.550. The van der Waals surface area contributed by atoms with Gasteiger partial charge in [0.05, 0.1) is 6.61 Å². The first kappa shape index (κ1) is 10.5. The maximum Gasteiger partial charge on any atom is 0.123 e. The Bertz CT molecular complexity index is 265. The van der Waals surface area contributed by atoms with Crippen LogP contribution in [0.4, 0.5) is 4.39 Å². The van der Waals surface area contributed by atoms with Gasteiger partial charge in [-0.1, -0.05) is 19.1 Å². The Morgan fingerprint density at radius 3 is 2.92 bits per heavy atom. The van der Waals surface area contributed by atoms with Crippen molar-refractivity contribution in [3.05, 3.63) is 35.6 Å². The van der Waals surface area contributed by atoms with E-state index < -0.39 is 0 Å². The Morgan fingerprint density at radius 2 is 2.31 bits per heavy atom. The van der Waals surface area contributed by atoms with E-state index in [0.29, 0.717) is 0 Å².